The summed E-state index contributed by atoms with van der Waals surface area (Å²) in [5, 5.41) is 0. The molecule has 1 rings (SSSR count). The van der Waals surface area contributed by atoms with Gasteiger partial charge in [0.25, 0.3) is 10.0 Å². The molecule has 0 unspecified atom stereocenters. The number of hydrogen-bond donors (Lipinski definition) is 1. The fourth-order valence-corrected chi connectivity index (χ4v) is 6.16. The summed E-state index contributed by atoms with van der Waals surface area (Å²) < 4.78 is 28.5. The lowest BCUT2D eigenvalue weighted by atomic mass is 10.1. The van der Waals surface area contributed by atoms with Gasteiger partial charge in [-0.25, -0.2) is 13.1 Å². The largest absolute Gasteiger partial charge is 0.250 e. The number of sulfonamides is 1. The maximum absolute atomic E-state index is 12.1. The minimum atomic E-state index is -3.37. The average molecular weight is 292 g/mol. The van der Waals surface area contributed by atoms with Crippen LogP contribution in [0, 0.1) is 0 Å². The Bertz CT molecular complexity index is 492. The van der Waals surface area contributed by atoms with Gasteiger partial charge in [-0.05, 0) is 31.3 Å². The third kappa shape index (κ3) is 4.20. The Morgan fingerprint density at radius 3 is 2.06 bits per heavy atom. The predicted molar refractivity (Wildman–Crippen MR) is 77.4 cm³/mol. The van der Waals surface area contributed by atoms with E-state index in [2.05, 4.69) is 24.4 Å². The van der Waals surface area contributed by atoms with Gasteiger partial charge in [0.05, 0.1) is 8.07 Å². The van der Waals surface area contributed by atoms with Crippen molar-refractivity contribution in [1.82, 2.24) is 4.72 Å². The third-order valence-electron chi connectivity index (χ3n) is 2.03. The zero-order valence-electron chi connectivity index (χ0n) is 11.3. The lowest BCUT2D eigenvalue weighted by Gasteiger charge is -2.19. The van der Waals surface area contributed by atoms with Crippen molar-refractivity contribution in [2.24, 2.45) is 0 Å². The summed E-state index contributed by atoms with van der Waals surface area (Å²) in [4.78, 5) is 0. The Morgan fingerprint density at radius 2 is 1.71 bits per heavy atom. The maximum atomic E-state index is 12.1. The molecule has 1 aromatic heterocycles. The van der Waals surface area contributed by atoms with E-state index in [1.54, 1.807) is 6.07 Å². The molecule has 1 heterocycles. The number of nitrogens with one attached hydrogen (secondary N) is 1. The molecular weight excluding hydrogens is 270 g/mol. The van der Waals surface area contributed by atoms with Gasteiger partial charge in [-0.3, -0.25) is 0 Å². The fraction of sp³-hybridized carbons (Fsp3) is 0.636. The van der Waals surface area contributed by atoms with Gasteiger partial charge in [-0.15, -0.1) is 11.3 Å². The van der Waals surface area contributed by atoms with Crippen LogP contribution in [0.3, 0.4) is 0 Å². The molecule has 0 saturated carbocycles. The van der Waals surface area contributed by atoms with Gasteiger partial charge in [0.1, 0.15) is 4.21 Å². The van der Waals surface area contributed by atoms with Crippen molar-refractivity contribution in [3.63, 3.8) is 0 Å². The first-order valence-electron chi connectivity index (χ1n) is 5.56. The highest BCUT2D eigenvalue weighted by molar-refractivity contribution is 7.91. The molecule has 0 aromatic carbocycles. The highest BCUT2D eigenvalue weighted by Gasteiger charge is 2.26. The number of rotatable bonds is 3. The van der Waals surface area contributed by atoms with Crippen LogP contribution in [0.4, 0.5) is 0 Å². The van der Waals surface area contributed by atoms with Crippen LogP contribution < -0.4 is 9.22 Å². The minimum Gasteiger partial charge on any atom is -0.206 e. The Balaban J connectivity index is 3.06. The van der Waals surface area contributed by atoms with Crippen LogP contribution in [0.15, 0.2) is 16.3 Å². The molecule has 0 aliphatic heterocycles. The molecule has 0 fully saturated rings. The Kier molecular flexibility index (Phi) is 3.93. The highest BCUT2D eigenvalue weighted by atomic mass is 32.2. The quantitative estimate of drug-likeness (QED) is 0.869. The summed E-state index contributed by atoms with van der Waals surface area (Å²) in [6.07, 6.45) is 0. The number of hydrogen-bond acceptors (Lipinski definition) is 3. The van der Waals surface area contributed by atoms with E-state index >= 15 is 0 Å². The van der Waals surface area contributed by atoms with E-state index in [1.807, 2.05) is 26.8 Å². The minimum absolute atomic E-state index is 0.421. The first-order chi connectivity index (χ1) is 7.42. The normalized spacial score (nSPS) is 14.0. The van der Waals surface area contributed by atoms with Crippen molar-refractivity contribution in [2.45, 2.75) is 50.2 Å². The molecule has 0 saturated heterocycles. The first kappa shape index (κ1) is 14.9. The van der Waals surface area contributed by atoms with Crippen LogP contribution in [-0.2, 0) is 10.0 Å². The van der Waals surface area contributed by atoms with Crippen LogP contribution in [0.5, 0.6) is 0 Å². The Morgan fingerprint density at radius 1 is 1.18 bits per heavy atom. The van der Waals surface area contributed by atoms with Gasteiger partial charge >= 0.3 is 0 Å². The lowest BCUT2D eigenvalue weighted by Crippen LogP contribution is -2.40. The molecule has 0 aliphatic rings. The van der Waals surface area contributed by atoms with Gasteiger partial charge < -0.3 is 0 Å². The van der Waals surface area contributed by atoms with Crippen LogP contribution in [0.25, 0.3) is 0 Å². The first-order valence-corrected chi connectivity index (χ1v) is 11.4. The highest BCUT2D eigenvalue weighted by Crippen LogP contribution is 2.19. The van der Waals surface area contributed by atoms with E-state index in [9.17, 15) is 8.42 Å². The van der Waals surface area contributed by atoms with Crippen molar-refractivity contribution in [1.29, 1.82) is 0 Å². The van der Waals surface area contributed by atoms with E-state index in [1.165, 1.54) is 15.8 Å². The molecule has 3 nitrogen and oxygen atoms in total. The van der Waals surface area contributed by atoms with E-state index < -0.39 is 23.6 Å². The molecule has 6 heteroatoms. The zero-order valence-corrected chi connectivity index (χ0v) is 13.9. The smallest absolute Gasteiger partial charge is 0.206 e. The van der Waals surface area contributed by atoms with E-state index in [-0.39, 0.29) is 0 Å². The van der Waals surface area contributed by atoms with E-state index in [4.69, 9.17) is 0 Å². The third-order valence-corrected chi connectivity index (χ3v) is 8.96. The van der Waals surface area contributed by atoms with Gasteiger partial charge in [-0.2, -0.15) is 0 Å². The SMILES string of the molecule is CC(C)(C)NS(=O)(=O)c1ccc([Si](C)(C)C)s1. The summed E-state index contributed by atoms with van der Waals surface area (Å²) in [7, 11) is -4.79. The van der Waals surface area contributed by atoms with Gasteiger partial charge in [0.15, 0.2) is 0 Å². The van der Waals surface area contributed by atoms with Crippen molar-refractivity contribution in [3.8, 4) is 0 Å². The number of thiophene rings is 1. The second-order valence-electron chi connectivity index (χ2n) is 6.22. The van der Waals surface area contributed by atoms with Crippen molar-refractivity contribution in [2.75, 3.05) is 0 Å². The fourth-order valence-electron chi connectivity index (χ4n) is 1.32. The molecular formula is C11H21NO2S2Si. The molecule has 1 N–H and O–H groups in total. The summed E-state index contributed by atoms with van der Waals surface area (Å²) in [6, 6.07) is 3.67. The topological polar surface area (TPSA) is 46.2 Å². The molecule has 0 aliphatic carbocycles. The summed E-state index contributed by atoms with van der Waals surface area (Å²) in [5.41, 5.74) is -0.442. The molecule has 0 radical (unpaired) electrons. The maximum Gasteiger partial charge on any atom is 0.250 e. The molecule has 0 spiro atoms. The van der Waals surface area contributed by atoms with E-state index in [0.29, 0.717) is 4.21 Å². The average Bonchev–Trinajstić information content (AvgIpc) is 2.44. The molecule has 17 heavy (non-hydrogen) atoms. The van der Waals surface area contributed by atoms with Crippen LogP contribution in [0.2, 0.25) is 19.6 Å². The second-order valence-corrected chi connectivity index (χ2v) is 14.6. The molecule has 98 valence electrons. The molecule has 0 bridgehead atoms. The predicted octanol–water partition coefficient (Wildman–Crippen LogP) is 2.37. The molecule has 0 amide bonds. The Labute approximate surface area is 109 Å². The summed E-state index contributed by atoms with van der Waals surface area (Å²) >= 11 is 1.40. The molecule has 0 atom stereocenters. The van der Waals surface area contributed by atoms with Crippen molar-refractivity contribution >= 4 is 33.9 Å². The lowest BCUT2D eigenvalue weighted by molar-refractivity contribution is 0.492. The monoisotopic (exact) mass is 291 g/mol. The van der Waals surface area contributed by atoms with E-state index in [0.717, 1.165) is 0 Å². The van der Waals surface area contributed by atoms with Crippen LogP contribution >= 0.6 is 11.3 Å². The van der Waals surface area contributed by atoms with Gasteiger partial charge in [0, 0.05) is 5.54 Å². The van der Waals surface area contributed by atoms with Crippen LogP contribution in [0.1, 0.15) is 20.8 Å². The van der Waals surface area contributed by atoms with Crippen molar-refractivity contribution in [3.05, 3.63) is 12.1 Å². The van der Waals surface area contributed by atoms with Gasteiger partial charge in [-0.1, -0.05) is 25.7 Å². The molecule has 1 aromatic rings. The second kappa shape index (κ2) is 4.49. The summed E-state index contributed by atoms with van der Waals surface area (Å²) in [6.45, 7) is 12.2. The summed E-state index contributed by atoms with van der Waals surface area (Å²) in [5.74, 6) is 0. The van der Waals surface area contributed by atoms with Gasteiger partial charge in [0.2, 0.25) is 0 Å². The standard InChI is InChI=1S/C11H21NO2S2Si/c1-11(2,3)12-16(13,14)9-7-8-10(15-9)17(4,5)6/h7-8,12H,1-6H3. The Hall–Kier alpha value is -0.173. The van der Waals surface area contributed by atoms with Crippen LogP contribution in [-0.4, -0.2) is 22.0 Å². The zero-order chi connectivity index (χ0) is 13.5. The van der Waals surface area contributed by atoms with Crippen molar-refractivity contribution < 1.29 is 8.42 Å².